The number of benzene rings is 2. The van der Waals surface area contributed by atoms with Crippen molar-refractivity contribution in [2.24, 2.45) is 0 Å². The topological polar surface area (TPSA) is 37.3 Å². The van der Waals surface area contributed by atoms with Gasteiger partial charge < -0.3 is 5.11 Å². The van der Waals surface area contributed by atoms with Gasteiger partial charge in [0.2, 0.25) is 0 Å². The molecule has 0 radical (unpaired) electrons. The number of aliphatic hydroxyl groups is 1. The molecule has 1 N–H and O–H groups in total. The summed E-state index contributed by atoms with van der Waals surface area (Å²) >= 11 is 0. The summed E-state index contributed by atoms with van der Waals surface area (Å²) < 4.78 is 13.4. The second-order valence-corrected chi connectivity index (χ2v) is 3.65. The third-order valence-electron chi connectivity index (χ3n) is 2.51. The molecule has 0 aromatic heterocycles. The number of carbonyl (C=O) groups excluding carboxylic acids is 1. The maximum Gasteiger partial charge on any atom is 0.195 e. The predicted octanol–water partition coefficient (Wildman–Crippen LogP) is 2.74. The number of carbonyl (C=O) groups is 1. The molecular weight excluding hydrogens is 219 g/mol. The summed E-state index contributed by atoms with van der Waals surface area (Å²) in [4.78, 5) is 11.9. The minimum absolute atomic E-state index is 0.00125. The molecule has 0 aliphatic heterocycles. The van der Waals surface area contributed by atoms with E-state index in [2.05, 4.69) is 0 Å². The van der Waals surface area contributed by atoms with Gasteiger partial charge in [-0.2, -0.15) is 0 Å². The van der Waals surface area contributed by atoms with Gasteiger partial charge in [-0.05, 0) is 6.07 Å². The summed E-state index contributed by atoms with van der Waals surface area (Å²) in [7, 11) is 0. The Hall–Kier alpha value is -2.00. The monoisotopic (exact) mass is 230 g/mol. The maximum atomic E-state index is 13.4. The van der Waals surface area contributed by atoms with Crippen LogP contribution in [0.5, 0.6) is 0 Å². The average molecular weight is 230 g/mol. The molecule has 0 unspecified atom stereocenters. The Labute approximate surface area is 98.3 Å². The smallest absolute Gasteiger partial charge is 0.195 e. The van der Waals surface area contributed by atoms with E-state index in [1.807, 2.05) is 0 Å². The van der Waals surface area contributed by atoms with Crippen molar-refractivity contribution in [2.45, 2.75) is 6.10 Å². The first-order valence-electron chi connectivity index (χ1n) is 5.22. The van der Waals surface area contributed by atoms with E-state index in [9.17, 15) is 14.3 Å². The lowest BCUT2D eigenvalue weighted by atomic mass is 10.00. The Morgan fingerprint density at radius 2 is 1.59 bits per heavy atom. The highest BCUT2D eigenvalue weighted by atomic mass is 19.1. The second-order valence-electron chi connectivity index (χ2n) is 3.65. The number of Topliss-reactive ketones (excluding diaryl/α,β-unsaturated/α-hetero) is 1. The second kappa shape index (κ2) is 4.89. The van der Waals surface area contributed by atoms with Gasteiger partial charge in [-0.15, -0.1) is 0 Å². The van der Waals surface area contributed by atoms with Crippen LogP contribution in [0.1, 0.15) is 22.0 Å². The Morgan fingerprint density at radius 3 is 2.24 bits per heavy atom. The summed E-state index contributed by atoms with van der Waals surface area (Å²) in [5, 5.41) is 9.83. The van der Waals surface area contributed by atoms with Crippen molar-refractivity contribution in [1.82, 2.24) is 0 Å². The SMILES string of the molecule is O=C(c1ccccc1)[C@@H](O)c1ccccc1F. The van der Waals surface area contributed by atoms with Crippen LogP contribution < -0.4 is 0 Å². The lowest BCUT2D eigenvalue weighted by molar-refractivity contribution is 0.0740. The van der Waals surface area contributed by atoms with Crippen LogP contribution in [-0.2, 0) is 0 Å². The fourth-order valence-corrected chi connectivity index (χ4v) is 1.60. The van der Waals surface area contributed by atoms with Crippen LogP contribution in [-0.4, -0.2) is 10.9 Å². The van der Waals surface area contributed by atoms with E-state index < -0.39 is 17.7 Å². The van der Waals surface area contributed by atoms with Gasteiger partial charge in [0.05, 0.1) is 0 Å². The number of halogens is 1. The molecule has 0 heterocycles. The quantitative estimate of drug-likeness (QED) is 0.823. The molecule has 2 aromatic rings. The van der Waals surface area contributed by atoms with Gasteiger partial charge in [-0.25, -0.2) is 4.39 Å². The van der Waals surface area contributed by atoms with Crippen molar-refractivity contribution in [1.29, 1.82) is 0 Å². The molecule has 3 heteroatoms. The highest BCUT2D eigenvalue weighted by Crippen LogP contribution is 2.20. The molecule has 0 amide bonds. The van der Waals surface area contributed by atoms with Crippen LogP contribution in [0, 0.1) is 5.82 Å². The zero-order valence-corrected chi connectivity index (χ0v) is 9.01. The first-order chi connectivity index (χ1) is 8.20. The highest BCUT2D eigenvalue weighted by molar-refractivity contribution is 5.99. The van der Waals surface area contributed by atoms with Gasteiger partial charge in [0.15, 0.2) is 5.78 Å². The van der Waals surface area contributed by atoms with Crippen LogP contribution in [0.25, 0.3) is 0 Å². The Morgan fingerprint density at radius 1 is 1.00 bits per heavy atom. The molecule has 2 rings (SSSR count). The van der Waals surface area contributed by atoms with Gasteiger partial charge in [-0.3, -0.25) is 4.79 Å². The van der Waals surface area contributed by atoms with Crippen LogP contribution >= 0.6 is 0 Å². The van der Waals surface area contributed by atoms with Crippen molar-refractivity contribution in [3.05, 3.63) is 71.5 Å². The molecule has 0 saturated carbocycles. The van der Waals surface area contributed by atoms with Crippen LogP contribution in [0.3, 0.4) is 0 Å². The molecule has 0 aliphatic carbocycles. The molecule has 2 aromatic carbocycles. The van der Waals surface area contributed by atoms with E-state index in [-0.39, 0.29) is 5.56 Å². The van der Waals surface area contributed by atoms with E-state index in [0.29, 0.717) is 5.56 Å². The van der Waals surface area contributed by atoms with E-state index in [0.717, 1.165) is 0 Å². The van der Waals surface area contributed by atoms with E-state index in [1.165, 1.54) is 18.2 Å². The predicted molar refractivity (Wildman–Crippen MR) is 62.1 cm³/mol. The highest BCUT2D eigenvalue weighted by Gasteiger charge is 2.21. The lowest BCUT2D eigenvalue weighted by Gasteiger charge is -2.10. The normalized spacial score (nSPS) is 12.1. The fourth-order valence-electron chi connectivity index (χ4n) is 1.60. The van der Waals surface area contributed by atoms with Crippen molar-refractivity contribution in [2.75, 3.05) is 0 Å². The molecule has 1 atom stereocenters. The summed E-state index contributed by atoms with van der Waals surface area (Å²) in [6.45, 7) is 0. The maximum absolute atomic E-state index is 13.4. The van der Waals surface area contributed by atoms with Gasteiger partial charge in [0, 0.05) is 11.1 Å². The molecule has 2 nitrogen and oxygen atoms in total. The van der Waals surface area contributed by atoms with Crippen molar-refractivity contribution in [3.63, 3.8) is 0 Å². The minimum Gasteiger partial charge on any atom is -0.380 e. The van der Waals surface area contributed by atoms with E-state index in [4.69, 9.17) is 0 Å². The first kappa shape index (κ1) is 11.5. The molecule has 0 bridgehead atoms. The van der Waals surface area contributed by atoms with Crippen molar-refractivity contribution < 1.29 is 14.3 Å². The third kappa shape index (κ3) is 2.40. The van der Waals surface area contributed by atoms with Gasteiger partial charge in [-0.1, -0.05) is 48.5 Å². The summed E-state index contributed by atoms with van der Waals surface area (Å²) in [6, 6.07) is 14.1. The molecule has 0 spiro atoms. The number of aliphatic hydroxyl groups excluding tert-OH is 1. The third-order valence-corrected chi connectivity index (χ3v) is 2.51. The Bertz CT molecular complexity index is 523. The van der Waals surface area contributed by atoms with Crippen LogP contribution in [0.2, 0.25) is 0 Å². The summed E-state index contributed by atoms with van der Waals surface area (Å²) in [6.07, 6.45) is -1.46. The average Bonchev–Trinajstić information content (AvgIpc) is 2.39. The summed E-state index contributed by atoms with van der Waals surface area (Å²) in [5.74, 6) is -1.08. The standard InChI is InChI=1S/C14H11FO2/c15-12-9-5-4-8-11(12)14(17)13(16)10-6-2-1-3-7-10/h1-9,14,17H/t14-/m0/s1. The van der Waals surface area contributed by atoms with Crippen molar-refractivity contribution >= 4 is 5.78 Å². The number of rotatable bonds is 3. The lowest BCUT2D eigenvalue weighted by Crippen LogP contribution is -2.13. The zero-order valence-electron chi connectivity index (χ0n) is 9.01. The van der Waals surface area contributed by atoms with Crippen molar-refractivity contribution in [3.8, 4) is 0 Å². The molecule has 0 saturated heterocycles. The van der Waals surface area contributed by atoms with E-state index in [1.54, 1.807) is 36.4 Å². The number of hydrogen-bond donors (Lipinski definition) is 1. The molecular formula is C14H11FO2. The van der Waals surface area contributed by atoms with Crippen LogP contribution in [0.4, 0.5) is 4.39 Å². The number of hydrogen-bond acceptors (Lipinski definition) is 2. The first-order valence-corrected chi connectivity index (χ1v) is 5.22. The molecule has 0 fully saturated rings. The largest absolute Gasteiger partial charge is 0.380 e. The Balaban J connectivity index is 2.30. The molecule has 86 valence electrons. The Kier molecular flexibility index (Phi) is 3.30. The zero-order chi connectivity index (χ0) is 12.3. The van der Waals surface area contributed by atoms with Gasteiger partial charge in [0.1, 0.15) is 11.9 Å². The number of ketones is 1. The van der Waals surface area contributed by atoms with Gasteiger partial charge in [0.25, 0.3) is 0 Å². The fraction of sp³-hybridized carbons (Fsp3) is 0.0714. The molecule has 0 aliphatic rings. The van der Waals surface area contributed by atoms with E-state index >= 15 is 0 Å². The van der Waals surface area contributed by atoms with Gasteiger partial charge >= 0.3 is 0 Å². The molecule has 17 heavy (non-hydrogen) atoms. The minimum atomic E-state index is -1.46. The summed E-state index contributed by atoms with van der Waals surface area (Å²) in [5.41, 5.74) is 0.365. The van der Waals surface area contributed by atoms with Crippen LogP contribution in [0.15, 0.2) is 54.6 Å².